The van der Waals surface area contributed by atoms with Gasteiger partial charge >= 0.3 is 0 Å². The standard InChI is InChI=1S/C9H12N4O/c1-2-14-4-3-8-12-7-5-10-6-11-9(7)13-8/h5-6H,2-4H2,1H3,(H,10,11,12,13). The maximum atomic E-state index is 5.24. The third kappa shape index (κ3) is 1.88. The highest BCUT2D eigenvalue weighted by Crippen LogP contribution is 2.06. The lowest BCUT2D eigenvalue weighted by Crippen LogP contribution is -1.99. The lowest BCUT2D eigenvalue weighted by Gasteiger charge is -1.96. The van der Waals surface area contributed by atoms with Crippen LogP contribution in [0.3, 0.4) is 0 Å². The number of nitrogens with zero attached hydrogens (tertiary/aromatic N) is 3. The van der Waals surface area contributed by atoms with Crippen molar-refractivity contribution in [2.75, 3.05) is 13.2 Å². The molecule has 0 spiro atoms. The van der Waals surface area contributed by atoms with Gasteiger partial charge < -0.3 is 9.72 Å². The zero-order valence-corrected chi connectivity index (χ0v) is 8.03. The fourth-order valence-corrected chi connectivity index (χ4v) is 1.24. The van der Waals surface area contributed by atoms with E-state index in [1.807, 2.05) is 6.92 Å². The van der Waals surface area contributed by atoms with Crippen molar-refractivity contribution in [1.82, 2.24) is 19.9 Å². The fourth-order valence-electron chi connectivity index (χ4n) is 1.24. The van der Waals surface area contributed by atoms with Gasteiger partial charge in [0.15, 0.2) is 5.65 Å². The third-order valence-electron chi connectivity index (χ3n) is 1.90. The van der Waals surface area contributed by atoms with Crippen LogP contribution in [0.5, 0.6) is 0 Å². The van der Waals surface area contributed by atoms with Crippen LogP contribution in [-0.2, 0) is 11.2 Å². The molecule has 0 bridgehead atoms. The lowest BCUT2D eigenvalue weighted by atomic mass is 10.4. The Balaban J connectivity index is 2.11. The third-order valence-corrected chi connectivity index (χ3v) is 1.90. The molecule has 14 heavy (non-hydrogen) atoms. The predicted octanol–water partition coefficient (Wildman–Crippen LogP) is 0.932. The summed E-state index contributed by atoms with van der Waals surface area (Å²) in [6.07, 6.45) is 4.00. The SMILES string of the molecule is CCOCCc1nc2ncncc2[nH]1. The molecule has 2 aromatic rings. The van der Waals surface area contributed by atoms with Gasteiger partial charge in [-0.15, -0.1) is 0 Å². The molecule has 1 N–H and O–H groups in total. The van der Waals surface area contributed by atoms with Crippen LogP contribution >= 0.6 is 0 Å². The summed E-state index contributed by atoms with van der Waals surface area (Å²) in [6.45, 7) is 3.40. The molecule has 74 valence electrons. The van der Waals surface area contributed by atoms with Crippen LogP contribution in [0.1, 0.15) is 12.7 Å². The molecule has 0 amide bonds. The zero-order chi connectivity index (χ0) is 9.80. The number of rotatable bonds is 4. The van der Waals surface area contributed by atoms with E-state index in [1.165, 1.54) is 6.33 Å². The second-order valence-corrected chi connectivity index (χ2v) is 2.89. The average molecular weight is 192 g/mol. The van der Waals surface area contributed by atoms with Crippen LogP contribution in [0.25, 0.3) is 11.2 Å². The first-order chi connectivity index (χ1) is 6.90. The number of aromatic nitrogens is 4. The highest BCUT2D eigenvalue weighted by molar-refractivity contribution is 5.68. The Bertz CT molecular complexity index is 379. The smallest absolute Gasteiger partial charge is 0.180 e. The molecule has 2 rings (SSSR count). The van der Waals surface area contributed by atoms with E-state index >= 15 is 0 Å². The van der Waals surface area contributed by atoms with Gasteiger partial charge in [0.1, 0.15) is 17.7 Å². The highest BCUT2D eigenvalue weighted by atomic mass is 16.5. The Labute approximate surface area is 81.6 Å². The Morgan fingerprint density at radius 3 is 3.21 bits per heavy atom. The first-order valence-electron chi connectivity index (χ1n) is 4.62. The van der Waals surface area contributed by atoms with Gasteiger partial charge in [0.25, 0.3) is 0 Å². The molecule has 0 aromatic carbocycles. The van der Waals surface area contributed by atoms with Gasteiger partial charge in [-0.1, -0.05) is 0 Å². The number of imidazole rings is 1. The number of fused-ring (bicyclic) bond motifs is 1. The van der Waals surface area contributed by atoms with Crippen molar-refractivity contribution in [2.24, 2.45) is 0 Å². The van der Waals surface area contributed by atoms with E-state index in [0.29, 0.717) is 12.3 Å². The minimum Gasteiger partial charge on any atom is -0.381 e. The van der Waals surface area contributed by atoms with Crippen LogP contribution in [0.2, 0.25) is 0 Å². The van der Waals surface area contributed by atoms with E-state index in [-0.39, 0.29) is 0 Å². The van der Waals surface area contributed by atoms with Crippen molar-refractivity contribution >= 4 is 11.2 Å². The lowest BCUT2D eigenvalue weighted by molar-refractivity contribution is 0.149. The van der Waals surface area contributed by atoms with Crippen LogP contribution in [0.15, 0.2) is 12.5 Å². The van der Waals surface area contributed by atoms with Gasteiger partial charge in [0.2, 0.25) is 0 Å². The van der Waals surface area contributed by atoms with Crippen LogP contribution in [-0.4, -0.2) is 33.1 Å². The number of aromatic amines is 1. The summed E-state index contributed by atoms with van der Waals surface area (Å²) < 4.78 is 5.24. The largest absolute Gasteiger partial charge is 0.381 e. The number of H-pyrrole nitrogens is 1. The molecule has 2 aromatic heterocycles. The summed E-state index contributed by atoms with van der Waals surface area (Å²) in [6, 6.07) is 0. The summed E-state index contributed by atoms with van der Waals surface area (Å²) in [4.78, 5) is 15.4. The van der Waals surface area contributed by atoms with Crippen LogP contribution < -0.4 is 0 Å². The number of ether oxygens (including phenoxy) is 1. The molecule has 0 saturated carbocycles. The van der Waals surface area contributed by atoms with E-state index in [2.05, 4.69) is 19.9 Å². The minimum atomic E-state index is 0.684. The monoisotopic (exact) mass is 192 g/mol. The molecule has 0 aliphatic rings. The van der Waals surface area contributed by atoms with Crippen molar-refractivity contribution < 1.29 is 4.74 Å². The van der Waals surface area contributed by atoms with Gasteiger partial charge in [-0.25, -0.2) is 15.0 Å². The fraction of sp³-hybridized carbons (Fsp3) is 0.444. The number of hydrogen-bond acceptors (Lipinski definition) is 4. The zero-order valence-electron chi connectivity index (χ0n) is 8.03. The van der Waals surface area contributed by atoms with E-state index in [1.54, 1.807) is 6.20 Å². The van der Waals surface area contributed by atoms with E-state index in [9.17, 15) is 0 Å². The molecule has 0 atom stereocenters. The molecule has 0 saturated heterocycles. The van der Waals surface area contributed by atoms with Crippen molar-refractivity contribution in [2.45, 2.75) is 13.3 Å². The van der Waals surface area contributed by atoms with E-state index in [4.69, 9.17) is 4.74 Å². The maximum Gasteiger partial charge on any atom is 0.180 e. The number of nitrogens with one attached hydrogen (secondary N) is 1. The summed E-state index contributed by atoms with van der Waals surface area (Å²) >= 11 is 0. The van der Waals surface area contributed by atoms with Crippen molar-refractivity contribution in [3.63, 3.8) is 0 Å². The quantitative estimate of drug-likeness (QED) is 0.732. The molecule has 5 heteroatoms. The van der Waals surface area contributed by atoms with E-state index in [0.717, 1.165) is 24.4 Å². The predicted molar refractivity (Wildman–Crippen MR) is 51.9 cm³/mol. The maximum absolute atomic E-state index is 5.24. The molecule has 5 nitrogen and oxygen atoms in total. The van der Waals surface area contributed by atoms with Gasteiger partial charge in [-0.05, 0) is 6.92 Å². The second kappa shape index (κ2) is 4.15. The highest BCUT2D eigenvalue weighted by Gasteiger charge is 2.02. The molecule has 0 fully saturated rings. The van der Waals surface area contributed by atoms with Crippen LogP contribution in [0.4, 0.5) is 0 Å². The summed E-state index contributed by atoms with van der Waals surface area (Å²) in [5.74, 6) is 0.897. The summed E-state index contributed by atoms with van der Waals surface area (Å²) in [5, 5.41) is 0. The van der Waals surface area contributed by atoms with Crippen molar-refractivity contribution in [3.05, 3.63) is 18.3 Å². The second-order valence-electron chi connectivity index (χ2n) is 2.89. The molecule has 0 aliphatic carbocycles. The average Bonchev–Trinajstić information content (AvgIpc) is 2.60. The molecular formula is C9H12N4O. The minimum absolute atomic E-state index is 0.684. The topological polar surface area (TPSA) is 63.7 Å². The first kappa shape index (κ1) is 9.08. The molecule has 0 unspecified atom stereocenters. The molecule has 0 aliphatic heterocycles. The van der Waals surface area contributed by atoms with Gasteiger partial charge in [-0.3, -0.25) is 0 Å². The Kier molecular flexibility index (Phi) is 2.69. The van der Waals surface area contributed by atoms with Gasteiger partial charge in [0, 0.05) is 13.0 Å². The Hall–Kier alpha value is -1.49. The van der Waals surface area contributed by atoms with Gasteiger partial charge in [-0.2, -0.15) is 0 Å². The first-order valence-corrected chi connectivity index (χ1v) is 4.62. The van der Waals surface area contributed by atoms with Crippen LogP contribution in [0, 0.1) is 0 Å². The molecular weight excluding hydrogens is 180 g/mol. The Morgan fingerprint density at radius 1 is 1.50 bits per heavy atom. The normalized spacial score (nSPS) is 10.9. The summed E-state index contributed by atoms with van der Waals surface area (Å²) in [5.41, 5.74) is 1.59. The molecule has 0 radical (unpaired) electrons. The molecule has 2 heterocycles. The number of hydrogen-bond donors (Lipinski definition) is 1. The van der Waals surface area contributed by atoms with Crippen molar-refractivity contribution in [3.8, 4) is 0 Å². The Morgan fingerprint density at radius 2 is 2.43 bits per heavy atom. The van der Waals surface area contributed by atoms with E-state index < -0.39 is 0 Å². The van der Waals surface area contributed by atoms with Crippen molar-refractivity contribution in [1.29, 1.82) is 0 Å². The van der Waals surface area contributed by atoms with Gasteiger partial charge in [0.05, 0.1) is 12.8 Å². The summed E-state index contributed by atoms with van der Waals surface area (Å²) in [7, 11) is 0.